The van der Waals surface area contributed by atoms with Crippen molar-refractivity contribution in [1.82, 2.24) is 0 Å². The molecule has 1 aliphatic heterocycles. The Bertz CT molecular complexity index is 287. The van der Waals surface area contributed by atoms with Gasteiger partial charge in [-0.1, -0.05) is 19.8 Å². The van der Waals surface area contributed by atoms with Crippen molar-refractivity contribution in [3.8, 4) is 0 Å². The summed E-state index contributed by atoms with van der Waals surface area (Å²) in [7, 11) is -3.11. The van der Waals surface area contributed by atoms with E-state index in [-0.39, 0.29) is 6.10 Å². The van der Waals surface area contributed by atoms with E-state index in [4.69, 9.17) is 4.74 Å². The van der Waals surface area contributed by atoms with Crippen LogP contribution in [0.2, 0.25) is 0 Å². The standard InChI is InChI=1S/C10H20O3S/c1-5-6-7-8-9(13-8)14(11,12)10(2,3)4/h8-9H,5-7H2,1-4H3/t8-,9-/m1/s1. The third-order valence-electron chi connectivity index (χ3n) is 2.54. The smallest absolute Gasteiger partial charge is 0.185 e. The van der Waals surface area contributed by atoms with Gasteiger partial charge in [0.2, 0.25) is 0 Å². The van der Waals surface area contributed by atoms with Gasteiger partial charge in [-0.15, -0.1) is 0 Å². The molecule has 14 heavy (non-hydrogen) atoms. The van der Waals surface area contributed by atoms with Gasteiger partial charge in [-0.25, -0.2) is 8.42 Å². The van der Waals surface area contributed by atoms with E-state index >= 15 is 0 Å². The molecule has 0 unspecified atom stereocenters. The van der Waals surface area contributed by atoms with E-state index in [1.165, 1.54) is 0 Å². The van der Waals surface area contributed by atoms with Crippen molar-refractivity contribution in [2.45, 2.75) is 63.2 Å². The van der Waals surface area contributed by atoms with E-state index in [0.29, 0.717) is 0 Å². The molecule has 0 bridgehead atoms. The topological polar surface area (TPSA) is 46.7 Å². The first-order valence-electron chi connectivity index (χ1n) is 5.19. The Morgan fingerprint density at radius 3 is 2.29 bits per heavy atom. The monoisotopic (exact) mass is 220 g/mol. The fourth-order valence-corrected chi connectivity index (χ4v) is 2.88. The molecule has 0 aromatic heterocycles. The third kappa shape index (κ3) is 2.28. The number of sulfone groups is 1. The Morgan fingerprint density at radius 2 is 1.86 bits per heavy atom. The molecule has 1 heterocycles. The zero-order chi connectivity index (χ0) is 11.0. The Morgan fingerprint density at radius 1 is 1.29 bits per heavy atom. The summed E-state index contributed by atoms with van der Waals surface area (Å²) in [6, 6.07) is 0. The van der Waals surface area contributed by atoms with E-state index in [9.17, 15) is 8.42 Å². The number of ether oxygens (including phenoxy) is 1. The van der Waals surface area contributed by atoms with Crippen LogP contribution in [0.1, 0.15) is 47.0 Å². The molecule has 0 aliphatic carbocycles. The van der Waals surface area contributed by atoms with Crippen molar-refractivity contribution in [2.24, 2.45) is 0 Å². The van der Waals surface area contributed by atoms with Gasteiger partial charge in [0.05, 0.1) is 10.9 Å². The molecule has 0 spiro atoms. The SMILES string of the molecule is CCCC[C@H]1O[C@@H]1S(=O)(=O)C(C)(C)C. The van der Waals surface area contributed by atoms with Gasteiger partial charge < -0.3 is 4.74 Å². The Kier molecular flexibility index (Phi) is 3.26. The highest BCUT2D eigenvalue weighted by Crippen LogP contribution is 2.37. The van der Waals surface area contributed by atoms with Gasteiger partial charge in [0, 0.05) is 0 Å². The largest absolute Gasteiger partial charge is 0.352 e. The second-order valence-electron chi connectivity index (χ2n) is 4.84. The van der Waals surface area contributed by atoms with Crippen LogP contribution in [0.15, 0.2) is 0 Å². The summed E-state index contributed by atoms with van der Waals surface area (Å²) >= 11 is 0. The highest BCUT2D eigenvalue weighted by molar-refractivity contribution is 7.93. The van der Waals surface area contributed by atoms with Crippen LogP contribution in [0.4, 0.5) is 0 Å². The van der Waals surface area contributed by atoms with Gasteiger partial charge in [-0.2, -0.15) is 0 Å². The van der Waals surface area contributed by atoms with Gasteiger partial charge in [0.1, 0.15) is 0 Å². The van der Waals surface area contributed by atoms with Crippen molar-refractivity contribution in [1.29, 1.82) is 0 Å². The van der Waals surface area contributed by atoms with E-state index in [1.807, 2.05) is 0 Å². The molecule has 84 valence electrons. The van der Waals surface area contributed by atoms with E-state index < -0.39 is 20.0 Å². The van der Waals surface area contributed by atoms with Crippen molar-refractivity contribution in [2.75, 3.05) is 0 Å². The number of rotatable bonds is 4. The third-order valence-corrected chi connectivity index (χ3v) is 5.27. The first-order valence-corrected chi connectivity index (χ1v) is 6.74. The van der Waals surface area contributed by atoms with Gasteiger partial charge in [-0.05, 0) is 27.2 Å². The van der Waals surface area contributed by atoms with Crippen LogP contribution in [0.5, 0.6) is 0 Å². The molecule has 3 nitrogen and oxygen atoms in total. The molecule has 1 fully saturated rings. The molecular weight excluding hydrogens is 200 g/mol. The summed E-state index contributed by atoms with van der Waals surface area (Å²) in [6.45, 7) is 7.26. The number of unbranched alkanes of at least 4 members (excludes halogenated alkanes) is 1. The molecule has 2 atom stereocenters. The summed E-state index contributed by atoms with van der Waals surface area (Å²) in [5.41, 5.74) is -0.533. The highest BCUT2D eigenvalue weighted by atomic mass is 32.2. The zero-order valence-corrected chi connectivity index (χ0v) is 10.2. The number of epoxide rings is 1. The van der Waals surface area contributed by atoms with Crippen molar-refractivity contribution in [3.63, 3.8) is 0 Å². The molecule has 0 saturated carbocycles. The summed E-state index contributed by atoms with van der Waals surface area (Å²) in [4.78, 5) is 0. The summed E-state index contributed by atoms with van der Waals surface area (Å²) in [6.07, 6.45) is 2.96. The second kappa shape index (κ2) is 3.81. The molecule has 1 rings (SSSR count). The van der Waals surface area contributed by atoms with Gasteiger partial charge in [-0.3, -0.25) is 0 Å². The van der Waals surface area contributed by atoms with Gasteiger partial charge >= 0.3 is 0 Å². The minimum Gasteiger partial charge on any atom is -0.352 e. The van der Waals surface area contributed by atoms with Crippen LogP contribution in [-0.4, -0.2) is 24.7 Å². The zero-order valence-electron chi connectivity index (χ0n) is 9.41. The quantitative estimate of drug-likeness (QED) is 0.682. The normalized spacial score (nSPS) is 27.7. The molecule has 0 aromatic carbocycles. The first kappa shape index (κ1) is 12.0. The maximum absolute atomic E-state index is 11.9. The fourth-order valence-electron chi connectivity index (χ4n) is 1.36. The maximum Gasteiger partial charge on any atom is 0.185 e. The lowest BCUT2D eigenvalue weighted by Crippen LogP contribution is -2.32. The van der Waals surface area contributed by atoms with Crippen LogP contribution in [-0.2, 0) is 14.6 Å². The van der Waals surface area contributed by atoms with Crippen LogP contribution in [0.3, 0.4) is 0 Å². The molecule has 1 saturated heterocycles. The van der Waals surface area contributed by atoms with Gasteiger partial charge in [0.25, 0.3) is 0 Å². The molecule has 0 amide bonds. The molecule has 1 aliphatic rings. The Labute approximate surface area is 86.8 Å². The average Bonchev–Trinajstić information content (AvgIpc) is 2.77. The lowest BCUT2D eigenvalue weighted by Gasteiger charge is -2.17. The maximum atomic E-state index is 11.9. The summed E-state index contributed by atoms with van der Waals surface area (Å²) in [5.74, 6) is 0. The van der Waals surface area contributed by atoms with Crippen molar-refractivity contribution in [3.05, 3.63) is 0 Å². The Balaban J connectivity index is 2.55. The Hall–Kier alpha value is -0.0900. The van der Waals surface area contributed by atoms with E-state index in [1.54, 1.807) is 20.8 Å². The molecule has 0 radical (unpaired) electrons. The number of hydrogen-bond donors (Lipinski definition) is 0. The predicted molar refractivity (Wildman–Crippen MR) is 56.9 cm³/mol. The molecule has 0 N–H and O–H groups in total. The van der Waals surface area contributed by atoms with Crippen LogP contribution in [0, 0.1) is 0 Å². The van der Waals surface area contributed by atoms with E-state index in [2.05, 4.69) is 6.92 Å². The van der Waals surface area contributed by atoms with Gasteiger partial charge in [0.15, 0.2) is 15.3 Å². The molecule has 4 heteroatoms. The van der Waals surface area contributed by atoms with E-state index in [0.717, 1.165) is 19.3 Å². The second-order valence-corrected chi connectivity index (χ2v) is 7.62. The minimum atomic E-state index is -3.11. The molecular formula is C10H20O3S. The highest BCUT2D eigenvalue weighted by Gasteiger charge is 2.52. The van der Waals surface area contributed by atoms with Crippen LogP contribution >= 0.6 is 0 Å². The lowest BCUT2D eigenvalue weighted by atomic mass is 10.2. The fraction of sp³-hybridized carbons (Fsp3) is 1.00. The molecule has 0 aromatic rings. The first-order chi connectivity index (χ1) is 6.30. The predicted octanol–water partition coefficient (Wildman–Crippen LogP) is 2.11. The minimum absolute atomic E-state index is 0.0424. The summed E-state index contributed by atoms with van der Waals surface area (Å²) < 4.78 is 28.3. The summed E-state index contributed by atoms with van der Waals surface area (Å²) in [5, 5.41) is 0. The van der Waals surface area contributed by atoms with Crippen LogP contribution in [0.25, 0.3) is 0 Å². The number of hydrogen-bond acceptors (Lipinski definition) is 3. The van der Waals surface area contributed by atoms with Crippen molar-refractivity contribution >= 4 is 9.84 Å². The van der Waals surface area contributed by atoms with Crippen LogP contribution < -0.4 is 0 Å². The van der Waals surface area contributed by atoms with Crippen molar-refractivity contribution < 1.29 is 13.2 Å². The lowest BCUT2D eigenvalue weighted by molar-refractivity contribution is 0.377. The average molecular weight is 220 g/mol.